The lowest BCUT2D eigenvalue weighted by Crippen LogP contribution is -2.54. The highest BCUT2D eigenvalue weighted by atomic mass is 15.2. The molecule has 0 spiro atoms. The maximum Gasteiger partial charge on any atom is 0.0517 e. The Morgan fingerprint density at radius 3 is 1.79 bits per heavy atom. The lowest BCUT2D eigenvalue weighted by atomic mass is 9.61. The molecule has 0 saturated heterocycles. The van der Waals surface area contributed by atoms with Gasteiger partial charge in [-0.1, -0.05) is 123 Å². The number of fused-ring (bicyclic) bond motifs is 3. The second kappa shape index (κ2) is 8.94. The van der Waals surface area contributed by atoms with Crippen LogP contribution in [0.4, 0.5) is 11.4 Å². The fraction of sp³-hybridized carbons (Fsp3) is 0.190. The molecular formula is C42H35N. The minimum Gasteiger partial charge on any atom is -0.334 e. The Kier molecular flexibility index (Phi) is 5.18. The molecule has 1 saturated carbocycles. The van der Waals surface area contributed by atoms with E-state index in [9.17, 15) is 0 Å². The molecule has 1 nitrogen and oxygen atoms in total. The van der Waals surface area contributed by atoms with Gasteiger partial charge >= 0.3 is 0 Å². The summed E-state index contributed by atoms with van der Waals surface area (Å²) in [5, 5.41) is 8.05. The first-order valence-electron chi connectivity index (χ1n) is 15.8. The first kappa shape index (κ1) is 24.9. The average Bonchev–Trinajstić information content (AvgIpc) is 3.27. The molecule has 0 bridgehead atoms. The van der Waals surface area contributed by atoms with Gasteiger partial charge in [0.1, 0.15) is 0 Å². The van der Waals surface area contributed by atoms with Crippen molar-refractivity contribution in [3.8, 4) is 22.3 Å². The lowest BCUT2D eigenvalue weighted by molar-refractivity contribution is 0.195. The van der Waals surface area contributed by atoms with E-state index < -0.39 is 0 Å². The van der Waals surface area contributed by atoms with Crippen LogP contribution < -0.4 is 4.90 Å². The molecule has 0 aromatic heterocycles. The van der Waals surface area contributed by atoms with E-state index >= 15 is 0 Å². The third kappa shape index (κ3) is 3.34. The van der Waals surface area contributed by atoms with Crippen molar-refractivity contribution in [1.82, 2.24) is 0 Å². The topological polar surface area (TPSA) is 3.24 Å². The van der Waals surface area contributed by atoms with E-state index in [1.165, 1.54) is 97.2 Å². The monoisotopic (exact) mass is 553 g/mol. The van der Waals surface area contributed by atoms with Crippen molar-refractivity contribution < 1.29 is 0 Å². The molecule has 9 rings (SSSR count). The van der Waals surface area contributed by atoms with Crippen molar-refractivity contribution >= 4 is 43.7 Å². The molecule has 7 aromatic rings. The normalized spacial score (nSPS) is 21.5. The van der Waals surface area contributed by atoms with Gasteiger partial charge in [0.15, 0.2) is 0 Å². The fourth-order valence-corrected chi connectivity index (χ4v) is 8.81. The Hall–Kier alpha value is -4.62. The highest BCUT2D eigenvalue weighted by Gasteiger charge is 2.57. The summed E-state index contributed by atoms with van der Waals surface area (Å²) in [6.45, 7) is 5.05. The van der Waals surface area contributed by atoms with Gasteiger partial charge in [0, 0.05) is 16.8 Å². The molecule has 43 heavy (non-hydrogen) atoms. The van der Waals surface area contributed by atoms with Crippen LogP contribution >= 0.6 is 0 Å². The summed E-state index contributed by atoms with van der Waals surface area (Å²) in [4.78, 5) is 2.67. The third-order valence-corrected chi connectivity index (χ3v) is 11.2. The van der Waals surface area contributed by atoms with Crippen LogP contribution in [-0.2, 0) is 5.41 Å². The number of benzene rings is 7. The number of hydrogen-bond donors (Lipinski definition) is 0. The molecule has 0 radical (unpaired) electrons. The standard InChI is InChI=1S/C42H35N/c1-41-25-9-10-26-42(41,2)43(32-13-7-4-8-14-32)38-24-19-31(27-37(38)41)34-21-16-30-17-22-35-33(28-11-5-3-6-12-28)20-15-29-18-23-36(34)40(30)39(29)35/h3-8,11-24,27H,9-10,25-26H2,1-2H3. The number of para-hydroxylation sites is 1. The van der Waals surface area contributed by atoms with Gasteiger partial charge in [-0.25, -0.2) is 0 Å². The van der Waals surface area contributed by atoms with Gasteiger partial charge in [-0.05, 0) is 104 Å². The summed E-state index contributed by atoms with van der Waals surface area (Å²) < 4.78 is 0. The fourth-order valence-electron chi connectivity index (χ4n) is 8.81. The minimum atomic E-state index is 0.0596. The summed E-state index contributed by atoms with van der Waals surface area (Å²) >= 11 is 0. The van der Waals surface area contributed by atoms with Crippen LogP contribution in [0.1, 0.15) is 45.1 Å². The van der Waals surface area contributed by atoms with Crippen molar-refractivity contribution in [3.63, 3.8) is 0 Å². The molecule has 1 aliphatic heterocycles. The quantitative estimate of drug-likeness (QED) is 0.197. The van der Waals surface area contributed by atoms with Gasteiger partial charge in [-0.2, -0.15) is 0 Å². The Morgan fingerprint density at radius 2 is 1.12 bits per heavy atom. The molecule has 2 aliphatic rings. The van der Waals surface area contributed by atoms with E-state index in [0.29, 0.717) is 0 Å². The molecule has 2 unspecified atom stereocenters. The van der Waals surface area contributed by atoms with Gasteiger partial charge < -0.3 is 4.90 Å². The molecule has 0 N–H and O–H groups in total. The molecular weight excluding hydrogens is 518 g/mol. The maximum absolute atomic E-state index is 2.67. The van der Waals surface area contributed by atoms with E-state index in [0.717, 1.165) is 0 Å². The highest BCUT2D eigenvalue weighted by molar-refractivity contribution is 6.27. The zero-order valence-electron chi connectivity index (χ0n) is 24.9. The van der Waals surface area contributed by atoms with Crippen LogP contribution in [0.25, 0.3) is 54.6 Å². The van der Waals surface area contributed by atoms with Crippen LogP contribution in [0.3, 0.4) is 0 Å². The zero-order valence-corrected chi connectivity index (χ0v) is 24.9. The van der Waals surface area contributed by atoms with Crippen molar-refractivity contribution in [2.24, 2.45) is 0 Å². The van der Waals surface area contributed by atoms with Crippen LogP contribution in [-0.4, -0.2) is 5.54 Å². The van der Waals surface area contributed by atoms with E-state index in [4.69, 9.17) is 0 Å². The number of nitrogens with zero attached hydrogens (tertiary/aromatic N) is 1. The van der Waals surface area contributed by atoms with E-state index in [2.05, 4.69) is 146 Å². The van der Waals surface area contributed by atoms with Crippen molar-refractivity contribution in [1.29, 1.82) is 0 Å². The number of rotatable bonds is 3. The number of anilines is 2. The molecule has 2 atom stereocenters. The van der Waals surface area contributed by atoms with Crippen LogP contribution in [0.2, 0.25) is 0 Å². The van der Waals surface area contributed by atoms with Crippen LogP contribution in [0, 0.1) is 0 Å². The molecule has 1 heteroatoms. The van der Waals surface area contributed by atoms with E-state index in [1.807, 2.05) is 0 Å². The molecule has 0 amide bonds. The van der Waals surface area contributed by atoms with Gasteiger partial charge in [-0.15, -0.1) is 0 Å². The van der Waals surface area contributed by atoms with Gasteiger partial charge in [0.2, 0.25) is 0 Å². The molecule has 1 aliphatic carbocycles. The Labute approximate surface area is 253 Å². The molecule has 7 aromatic carbocycles. The SMILES string of the molecule is CC12CCCCC1(C)N(c1ccccc1)c1ccc(-c3ccc4ccc5c(-c6ccccc6)ccc6ccc3c4c65)cc12. The van der Waals surface area contributed by atoms with Gasteiger partial charge in [0.05, 0.1) is 5.54 Å². The third-order valence-electron chi connectivity index (χ3n) is 11.2. The summed E-state index contributed by atoms with van der Waals surface area (Å²) in [6, 6.07) is 47.8. The van der Waals surface area contributed by atoms with Gasteiger partial charge in [-0.3, -0.25) is 0 Å². The lowest BCUT2D eigenvalue weighted by Gasteiger charge is -2.50. The van der Waals surface area contributed by atoms with E-state index in [-0.39, 0.29) is 11.0 Å². The molecule has 208 valence electrons. The minimum absolute atomic E-state index is 0.0596. The van der Waals surface area contributed by atoms with Crippen molar-refractivity contribution in [3.05, 3.63) is 133 Å². The first-order valence-corrected chi connectivity index (χ1v) is 15.8. The van der Waals surface area contributed by atoms with Crippen LogP contribution in [0.15, 0.2) is 127 Å². The predicted molar refractivity (Wildman–Crippen MR) is 184 cm³/mol. The summed E-state index contributed by atoms with van der Waals surface area (Å²) in [5.74, 6) is 0. The molecule has 1 fully saturated rings. The summed E-state index contributed by atoms with van der Waals surface area (Å²) in [7, 11) is 0. The first-order chi connectivity index (χ1) is 21.1. The Bertz CT molecular complexity index is 2160. The van der Waals surface area contributed by atoms with Crippen molar-refractivity contribution in [2.45, 2.75) is 50.5 Å². The molecule has 1 heterocycles. The zero-order chi connectivity index (χ0) is 28.8. The average molecular weight is 554 g/mol. The summed E-state index contributed by atoms with van der Waals surface area (Å²) in [6.07, 6.45) is 5.02. The second-order valence-electron chi connectivity index (χ2n) is 13.2. The number of hydrogen-bond acceptors (Lipinski definition) is 1. The van der Waals surface area contributed by atoms with Gasteiger partial charge in [0.25, 0.3) is 0 Å². The van der Waals surface area contributed by atoms with Crippen LogP contribution in [0.5, 0.6) is 0 Å². The van der Waals surface area contributed by atoms with Crippen molar-refractivity contribution in [2.75, 3.05) is 4.90 Å². The summed E-state index contributed by atoms with van der Waals surface area (Å²) in [5.41, 5.74) is 9.58. The largest absolute Gasteiger partial charge is 0.334 e. The smallest absolute Gasteiger partial charge is 0.0517 e. The Balaban J connectivity index is 1.27. The van der Waals surface area contributed by atoms with E-state index in [1.54, 1.807) is 0 Å². The maximum atomic E-state index is 2.67. The Morgan fingerprint density at radius 1 is 0.535 bits per heavy atom. The highest BCUT2D eigenvalue weighted by Crippen LogP contribution is 2.61. The second-order valence-corrected chi connectivity index (χ2v) is 13.2. The predicted octanol–water partition coefficient (Wildman–Crippen LogP) is 11.7.